The van der Waals surface area contributed by atoms with Crippen molar-refractivity contribution < 1.29 is 4.79 Å². The fourth-order valence-electron chi connectivity index (χ4n) is 2.21. The minimum atomic E-state index is 0.0238. The third-order valence-electron chi connectivity index (χ3n) is 3.22. The molecule has 88 valence electrons. The Morgan fingerprint density at radius 1 is 1.44 bits per heavy atom. The SMILES string of the molecule is C[C@@H]1CCCC[C@H]1NC(=O)c1ccc(Cl)s1. The van der Waals surface area contributed by atoms with E-state index in [0.717, 1.165) is 6.42 Å². The number of rotatable bonds is 2. The van der Waals surface area contributed by atoms with Crippen molar-refractivity contribution in [3.05, 3.63) is 21.3 Å². The van der Waals surface area contributed by atoms with Crippen LogP contribution in [0.25, 0.3) is 0 Å². The van der Waals surface area contributed by atoms with Crippen molar-refractivity contribution in [2.75, 3.05) is 0 Å². The molecule has 1 amide bonds. The Hall–Kier alpha value is -0.540. The molecule has 0 unspecified atom stereocenters. The summed E-state index contributed by atoms with van der Waals surface area (Å²) in [5, 5.41) is 3.11. The first-order valence-corrected chi connectivity index (χ1v) is 6.92. The van der Waals surface area contributed by atoms with Gasteiger partial charge < -0.3 is 5.32 Å². The van der Waals surface area contributed by atoms with E-state index in [1.54, 1.807) is 12.1 Å². The Morgan fingerprint density at radius 3 is 2.81 bits per heavy atom. The zero-order valence-corrected chi connectivity index (χ0v) is 10.9. The van der Waals surface area contributed by atoms with E-state index in [1.807, 2.05) is 0 Å². The lowest BCUT2D eigenvalue weighted by molar-refractivity contribution is 0.0914. The second kappa shape index (κ2) is 5.19. The van der Waals surface area contributed by atoms with Crippen LogP contribution < -0.4 is 5.32 Å². The molecule has 1 saturated carbocycles. The fraction of sp³-hybridized carbons (Fsp3) is 0.583. The predicted octanol–water partition coefficient (Wildman–Crippen LogP) is 3.71. The van der Waals surface area contributed by atoms with E-state index in [1.165, 1.54) is 30.6 Å². The molecule has 0 spiro atoms. The van der Waals surface area contributed by atoms with Gasteiger partial charge in [-0.05, 0) is 30.9 Å². The first-order valence-electron chi connectivity index (χ1n) is 5.73. The molecule has 1 fully saturated rings. The zero-order valence-electron chi connectivity index (χ0n) is 9.33. The molecule has 1 aromatic rings. The van der Waals surface area contributed by atoms with Gasteiger partial charge in [-0.3, -0.25) is 4.79 Å². The van der Waals surface area contributed by atoms with Gasteiger partial charge >= 0.3 is 0 Å². The van der Waals surface area contributed by atoms with Gasteiger partial charge in [0.1, 0.15) is 0 Å². The lowest BCUT2D eigenvalue weighted by atomic mass is 9.86. The largest absolute Gasteiger partial charge is 0.348 e. The van der Waals surface area contributed by atoms with Crippen LogP contribution in [0.15, 0.2) is 12.1 Å². The molecule has 16 heavy (non-hydrogen) atoms. The molecule has 1 aliphatic carbocycles. The molecule has 1 aliphatic rings. The summed E-state index contributed by atoms with van der Waals surface area (Å²) >= 11 is 7.15. The van der Waals surface area contributed by atoms with E-state index in [0.29, 0.717) is 21.2 Å². The highest BCUT2D eigenvalue weighted by Gasteiger charge is 2.23. The monoisotopic (exact) mass is 257 g/mol. The van der Waals surface area contributed by atoms with Crippen LogP contribution in [-0.2, 0) is 0 Å². The van der Waals surface area contributed by atoms with Crippen molar-refractivity contribution in [1.29, 1.82) is 0 Å². The van der Waals surface area contributed by atoms with Crippen molar-refractivity contribution in [3.63, 3.8) is 0 Å². The van der Waals surface area contributed by atoms with Gasteiger partial charge in [-0.15, -0.1) is 11.3 Å². The summed E-state index contributed by atoms with van der Waals surface area (Å²) in [4.78, 5) is 12.6. The van der Waals surface area contributed by atoms with E-state index in [-0.39, 0.29) is 5.91 Å². The third kappa shape index (κ3) is 2.77. The maximum Gasteiger partial charge on any atom is 0.261 e. The van der Waals surface area contributed by atoms with Gasteiger partial charge in [0.05, 0.1) is 9.21 Å². The van der Waals surface area contributed by atoms with Gasteiger partial charge in [0.15, 0.2) is 0 Å². The highest BCUT2D eigenvalue weighted by molar-refractivity contribution is 7.17. The number of halogens is 1. The Labute approximate surface area is 105 Å². The van der Waals surface area contributed by atoms with Crippen LogP contribution in [0, 0.1) is 5.92 Å². The maximum atomic E-state index is 11.9. The van der Waals surface area contributed by atoms with Crippen LogP contribution in [-0.4, -0.2) is 11.9 Å². The lowest BCUT2D eigenvalue weighted by Crippen LogP contribution is -2.40. The average molecular weight is 258 g/mol. The third-order valence-corrected chi connectivity index (χ3v) is 4.45. The summed E-state index contributed by atoms with van der Waals surface area (Å²) in [6.07, 6.45) is 4.83. The molecule has 2 rings (SSSR count). The molecule has 1 aromatic heterocycles. The van der Waals surface area contributed by atoms with E-state index < -0.39 is 0 Å². The van der Waals surface area contributed by atoms with Gasteiger partial charge in [0.25, 0.3) is 5.91 Å². The lowest BCUT2D eigenvalue weighted by Gasteiger charge is -2.29. The molecule has 0 aliphatic heterocycles. The maximum absolute atomic E-state index is 11.9. The fourth-order valence-corrected chi connectivity index (χ4v) is 3.15. The Balaban J connectivity index is 1.96. The normalized spacial score (nSPS) is 25.4. The van der Waals surface area contributed by atoms with Gasteiger partial charge in [-0.2, -0.15) is 0 Å². The number of hydrogen-bond acceptors (Lipinski definition) is 2. The molecule has 2 nitrogen and oxygen atoms in total. The summed E-state index contributed by atoms with van der Waals surface area (Å²) in [5.74, 6) is 0.615. The molecular weight excluding hydrogens is 242 g/mol. The van der Waals surface area contributed by atoms with Crippen molar-refractivity contribution in [2.24, 2.45) is 5.92 Å². The van der Waals surface area contributed by atoms with Crippen molar-refractivity contribution in [3.8, 4) is 0 Å². The number of nitrogens with one attached hydrogen (secondary N) is 1. The topological polar surface area (TPSA) is 29.1 Å². The minimum absolute atomic E-state index is 0.0238. The van der Waals surface area contributed by atoms with Crippen molar-refractivity contribution >= 4 is 28.8 Å². The highest BCUT2D eigenvalue weighted by atomic mass is 35.5. The summed E-state index contributed by atoms with van der Waals surface area (Å²) in [6.45, 7) is 2.21. The summed E-state index contributed by atoms with van der Waals surface area (Å²) in [5.41, 5.74) is 0. The predicted molar refractivity (Wildman–Crippen MR) is 68.2 cm³/mol. The van der Waals surface area contributed by atoms with Gasteiger partial charge in [-0.1, -0.05) is 31.4 Å². The highest BCUT2D eigenvalue weighted by Crippen LogP contribution is 2.25. The molecule has 0 radical (unpaired) electrons. The van der Waals surface area contributed by atoms with Crippen molar-refractivity contribution in [1.82, 2.24) is 5.32 Å². The Morgan fingerprint density at radius 2 is 2.19 bits per heavy atom. The first kappa shape index (κ1) is 11.9. The number of thiophene rings is 1. The van der Waals surface area contributed by atoms with Crippen LogP contribution in [0.4, 0.5) is 0 Å². The second-order valence-electron chi connectivity index (χ2n) is 4.45. The quantitative estimate of drug-likeness (QED) is 0.860. The molecule has 1 N–H and O–H groups in total. The molecule has 1 heterocycles. The van der Waals surface area contributed by atoms with Crippen LogP contribution in [0.3, 0.4) is 0 Å². The smallest absolute Gasteiger partial charge is 0.261 e. The number of carbonyl (C=O) groups excluding carboxylic acids is 1. The Bertz CT molecular complexity index is 377. The summed E-state index contributed by atoms with van der Waals surface area (Å²) in [6, 6.07) is 3.89. The van der Waals surface area contributed by atoms with Crippen molar-refractivity contribution in [2.45, 2.75) is 38.6 Å². The number of hydrogen-bond donors (Lipinski definition) is 1. The molecular formula is C12H16ClNOS. The van der Waals surface area contributed by atoms with Crippen LogP contribution >= 0.6 is 22.9 Å². The number of carbonyl (C=O) groups is 1. The van der Waals surface area contributed by atoms with Crippen LogP contribution in [0.1, 0.15) is 42.3 Å². The van der Waals surface area contributed by atoms with E-state index >= 15 is 0 Å². The minimum Gasteiger partial charge on any atom is -0.348 e. The van der Waals surface area contributed by atoms with Gasteiger partial charge in [0.2, 0.25) is 0 Å². The molecule has 2 atom stereocenters. The standard InChI is InChI=1S/C12H16ClNOS/c1-8-4-2-3-5-9(8)14-12(15)10-6-7-11(13)16-10/h6-9H,2-5H2,1H3,(H,14,15)/t8-,9-/m1/s1. The average Bonchev–Trinajstić information content (AvgIpc) is 2.68. The molecule has 4 heteroatoms. The molecule has 0 saturated heterocycles. The first-order chi connectivity index (χ1) is 7.66. The Kier molecular flexibility index (Phi) is 3.87. The van der Waals surface area contributed by atoms with Crippen LogP contribution in [0.5, 0.6) is 0 Å². The molecule has 0 aromatic carbocycles. The van der Waals surface area contributed by atoms with E-state index in [4.69, 9.17) is 11.6 Å². The number of amides is 1. The van der Waals surface area contributed by atoms with E-state index in [2.05, 4.69) is 12.2 Å². The van der Waals surface area contributed by atoms with Gasteiger partial charge in [0, 0.05) is 6.04 Å². The van der Waals surface area contributed by atoms with Gasteiger partial charge in [-0.25, -0.2) is 0 Å². The van der Waals surface area contributed by atoms with E-state index in [9.17, 15) is 4.79 Å². The second-order valence-corrected chi connectivity index (χ2v) is 6.16. The zero-order chi connectivity index (χ0) is 11.5. The van der Waals surface area contributed by atoms with Crippen LogP contribution in [0.2, 0.25) is 4.34 Å². The molecule has 0 bridgehead atoms. The summed E-state index contributed by atoms with van der Waals surface area (Å²) < 4.78 is 0.668. The summed E-state index contributed by atoms with van der Waals surface area (Å²) in [7, 11) is 0.